The highest BCUT2D eigenvalue weighted by atomic mass is 16.5. The standard InChI is InChI=1S/C32H35N3O2/c36-31(32-19-22-16-23(20-32)18-24(17-22)21-32)33-13-12-30-34-27-9-3-4-10-28(27)35(30)14-15-37-29-11-5-7-25-6-1-2-8-26(25)29/h1-11,22-24H,12-21H2,(H,33,36). The molecule has 1 N–H and O–H groups in total. The largest absolute Gasteiger partial charge is 0.491 e. The summed E-state index contributed by atoms with van der Waals surface area (Å²) in [5.74, 6) is 4.56. The van der Waals surface area contributed by atoms with Crippen molar-refractivity contribution in [1.82, 2.24) is 14.9 Å². The van der Waals surface area contributed by atoms with Gasteiger partial charge in [0.2, 0.25) is 5.91 Å². The van der Waals surface area contributed by atoms with Crippen LogP contribution in [0, 0.1) is 23.2 Å². The summed E-state index contributed by atoms with van der Waals surface area (Å²) in [6, 6.07) is 22.8. The van der Waals surface area contributed by atoms with Crippen molar-refractivity contribution in [2.24, 2.45) is 23.2 Å². The Morgan fingerprint density at radius 3 is 2.43 bits per heavy atom. The molecular formula is C32H35N3O2. The Morgan fingerprint density at radius 1 is 0.919 bits per heavy atom. The van der Waals surface area contributed by atoms with Crippen LogP contribution in [-0.4, -0.2) is 28.6 Å². The van der Waals surface area contributed by atoms with Crippen molar-refractivity contribution in [3.05, 3.63) is 72.6 Å². The molecule has 4 aliphatic rings. The number of aromatic nitrogens is 2. The molecule has 0 radical (unpaired) electrons. The predicted octanol–water partition coefficient (Wildman–Crippen LogP) is 6.14. The molecule has 3 aromatic carbocycles. The lowest BCUT2D eigenvalue weighted by Crippen LogP contribution is -2.53. The molecule has 190 valence electrons. The third-order valence-electron chi connectivity index (χ3n) is 9.21. The maximum Gasteiger partial charge on any atom is 0.226 e. The van der Waals surface area contributed by atoms with E-state index >= 15 is 0 Å². The molecule has 1 aromatic heterocycles. The van der Waals surface area contributed by atoms with Gasteiger partial charge in [-0.25, -0.2) is 4.98 Å². The number of para-hydroxylation sites is 2. The van der Waals surface area contributed by atoms with E-state index < -0.39 is 0 Å². The Hall–Kier alpha value is -3.34. The van der Waals surface area contributed by atoms with Gasteiger partial charge < -0.3 is 14.6 Å². The minimum Gasteiger partial charge on any atom is -0.491 e. The zero-order valence-electron chi connectivity index (χ0n) is 21.4. The number of carbonyl (C=O) groups is 1. The fraction of sp³-hybridized carbons (Fsp3) is 0.438. The van der Waals surface area contributed by atoms with Gasteiger partial charge in [-0.15, -0.1) is 0 Å². The van der Waals surface area contributed by atoms with Gasteiger partial charge in [0.1, 0.15) is 18.2 Å². The number of nitrogens with one attached hydrogen (secondary N) is 1. The summed E-state index contributed by atoms with van der Waals surface area (Å²) in [6.07, 6.45) is 8.12. The molecule has 0 aliphatic heterocycles. The van der Waals surface area contributed by atoms with Crippen LogP contribution >= 0.6 is 0 Å². The Bertz CT molecular complexity index is 1410. The number of amides is 1. The zero-order valence-corrected chi connectivity index (χ0v) is 21.4. The molecule has 5 nitrogen and oxygen atoms in total. The van der Waals surface area contributed by atoms with E-state index in [4.69, 9.17) is 9.72 Å². The van der Waals surface area contributed by atoms with Crippen molar-refractivity contribution in [2.75, 3.05) is 13.2 Å². The first-order valence-corrected chi connectivity index (χ1v) is 14.0. The molecule has 1 amide bonds. The Morgan fingerprint density at radius 2 is 1.62 bits per heavy atom. The Balaban J connectivity index is 1.04. The van der Waals surface area contributed by atoms with Crippen LogP contribution in [0.2, 0.25) is 0 Å². The van der Waals surface area contributed by atoms with Gasteiger partial charge in [-0.1, -0.05) is 48.5 Å². The fourth-order valence-electron chi connectivity index (χ4n) is 8.00. The van der Waals surface area contributed by atoms with Crippen LogP contribution in [0.1, 0.15) is 44.3 Å². The lowest BCUT2D eigenvalue weighted by Gasteiger charge is -2.55. The van der Waals surface area contributed by atoms with Crippen molar-refractivity contribution in [3.63, 3.8) is 0 Å². The number of benzene rings is 3. The summed E-state index contributed by atoms with van der Waals surface area (Å²) in [7, 11) is 0. The minimum atomic E-state index is -0.0960. The van der Waals surface area contributed by atoms with E-state index in [1.165, 1.54) is 24.6 Å². The Kier molecular flexibility index (Phi) is 5.67. The normalized spacial score (nSPS) is 26.1. The lowest BCUT2D eigenvalue weighted by atomic mass is 9.49. The topological polar surface area (TPSA) is 56.2 Å². The zero-order chi connectivity index (χ0) is 24.8. The smallest absolute Gasteiger partial charge is 0.226 e. The van der Waals surface area contributed by atoms with Gasteiger partial charge in [0, 0.05) is 23.8 Å². The highest BCUT2D eigenvalue weighted by molar-refractivity contribution is 5.88. The molecule has 8 rings (SSSR count). The molecule has 4 bridgehead atoms. The van der Waals surface area contributed by atoms with Crippen LogP contribution in [0.3, 0.4) is 0 Å². The van der Waals surface area contributed by atoms with E-state index in [1.54, 1.807) is 0 Å². The van der Waals surface area contributed by atoms with Crippen LogP contribution in [0.4, 0.5) is 0 Å². The summed E-state index contributed by atoms with van der Waals surface area (Å²) in [4.78, 5) is 18.4. The molecular weight excluding hydrogens is 458 g/mol. The number of fused-ring (bicyclic) bond motifs is 2. The first kappa shape index (κ1) is 22.8. The minimum absolute atomic E-state index is 0.0960. The van der Waals surface area contributed by atoms with E-state index in [2.05, 4.69) is 52.3 Å². The maximum atomic E-state index is 13.4. The van der Waals surface area contributed by atoms with E-state index in [1.807, 2.05) is 24.3 Å². The molecule has 5 heteroatoms. The summed E-state index contributed by atoms with van der Waals surface area (Å²) < 4.78 is 8.52. The molecule has 0 spiro atoms. The van der Waals surface area contributed by atoms with Crippen molar-refractivity contribution < 1.29 is 9.53 Å². The molecule has 0 atom stereocenters. The summed E-state index contributed by atoms with van der Waals surface area (Å²) in [5, 5.41) is 5.65. The average molecular weight is 494 g/mol. The Labute approximate surface area is 218 Å². The van der Waals surface area contributed by atoms with Crippen molar-refractivity contribution in [1.29, 1.82) is 0 Å². The molecule has 4 fully saturated rings. The van der Waals surface area contributed by atoms with Gasteiger partial charge in [-0.2, -0.15) is 0 Å². The highest BCUT2D eigenvalue weighted by Crippen LogP contribution is 2.60. The van der Waals surface area contributed by atoms with Crippen LogP contribution in [0.5, 0.6) is 5.75 Å². The molecule has 37 heavy (non-hydrogen) atoms. The van der Waals surface area contributed by atoms with Crippen LogP contribution in [0.25, 0.3) is 21.8 Å². The van der Waals surface area contributed by atoms with Crippen molar-refractivity contribution >= 4 is 27.7 Å². The molecule has 4 aliphatic carbocycles. The monoisotopic (exact) mass is 493 g/mol. The van der Waals surface area contributed by atoms with E-state index in [0.29, 0.717) is 25.6 Å². The quantitative estimate of drug-likeness (QED) is 0.321. The van der Waals surface area contributed by atoms with Crippen LogP contribution < -0.4 is 10.1 Å². The number of ether oxygens (including phenoxy) is 1. The van der Waals surface area contributed by atoms with Crippen molar-refractivity contribution in [2.45, 2.75) is 51.5 Å². The van der Waals surface area contributed by atoms with Crippen LogP contribution in [0.15, 0.2) is 66.7 Å². The fourth-order valence-corrected chi connectivity index (χ4v) is 8.00. The molecule has 1 heterocycles. The molecule has 4 aromatic rings. The molecule has 0 unspecified atom stereocenters. The van der Waals surface area contributed by atoms with E-state index in [0.717, 1.165) is 71.4 Å². The summed E-state index contributed by atoms with van der Waals surface area (Å²) in [5.41, 5.74) is 2.02. The van der Waals surface area contributed by atoms with Gasteiger partial charge in [-0.3, -0.25) is 4.79 Å². The van der Waals surface area contributed by atoms with Crippen LogP contribution in [-0.2, 0) is 17.8 Å². The van der Waals surface area contributed by atoms with Gasteiger partial charge in [0.05, 0.1) is 17.6 Å². The SMILES string of the molecule is O=C(NCCc1nc2ccccc2n1CCOc1cccc2ccccc12)C12CC3CC(CC(C3)C1)C2. The predicted molar refractivity (Wildman–Crippen MR) is 146 cm³/mol. The second kappa shape index (κ2) is 9.20. The average Bonchev–Trinajstić information content (AvgIpc) is 3.25. The first-order valence-electron chi connectivity index (χ1n) is 14.0. The second-order valence-corrected chi connectivity index (χ2v) is 11.7. The molecule has 0 saturated heterocycles. The molecule has 4 saturated carbocycles. The third-order valence-corrected chi connectivity index (χ3v) is 9.21. The number of hydrogen-bond donors (Lipinski definition) is 1. The highest BCUT2D eigenvalue weighted by Gasteiger charge is 2.54. The van der Waals surface area contributed by atoms with Gasteiger partial charge in [0.25, 0.3) is 0 Å². The number of rotatable bonds is 8. The first-order chi connectivity index (χ1) is 18.2. The van der Waals surface area contributed by atoms with E-state index in [-0.39, 0.29) is 5.41 Å². The lowest BCUT2D eigenvalue weighted by molar-refractivity contribution is -0.146. The van der Waals surface area contributed by atoms with Gasteiger partial charge in [0.15, 0.2) is 0 Å². The summed E-state index contributed by atoms with van der Waals surface area (Å²) in [6.45, 7) is 1.90. The summed E-state index contributed by atoms with van der Waals surface area (Å²) >= 11 is 0. The van der Waals surface area contributed by atoms with E-state index in [9.17, 15) is 4.79 Å². The van der Waals surface area contributed by atoms with Crippen molar-refractivity contribution in [3.8, 4) is 5.75 Å². The third kappa shape index (κ3) is 4.18. The number of carbonyl (C=O) groups excluding carboxylic acids is 1. The maximum absolute atomic E-state index is 13.4. The van der Waals surface area contributed by atoms with Gasteiger partial charge >= 0.3 is 0 Å². The number of hydrogen-bond acceptors (Lipinski definition) is 3. The second-order valence-electron chi connectivity index (χ2n) is 11.7. The number of nitrogens with zero attached hydrogens (tertiary/aromatic N) is 2. The number of imidazole rings is 1. The van der Waals surface area contributed by atoms with Gasteiger partial charge in [-0.05, 0) is 79.9 Å².